The van der Waals surface area contributed by atoms with Gasteiger partial charge >= 0.3 is 6.16 Å². The van der Waals surface area contributed by atoms with Crippen LogP contribution in [0.3, 0.4) is 0 Å². The summed E-state index contributed by atoms with van der Waals surface area (Å²) in [4.78, 5) is 48.7. The Hall–Kier alpha value is -3.84. The zero-order valence-electron chi connectivity index (χ0n) is 27.1. The van der Waals surface area contributed by atoms with E-state index < -0.39 is 35.7 Å². The summed E-state index contributed by atoms with van der Waals surface area (Å²) < 4.78 is 10.6. The van der Waals surface area contributed by atoms with E-state index in [0.717, 1.165) is 48.9 Å². The summed E-state index contributed by atoms with van der Waals surface area (Å²) in [5, 5.41) is 18.3. The van der Waals surface area contributed by atoms with E-state index in [0.29, 0.717) is 11.3 Å². The standard InChI is InChI=1S/C32H50N6O7/c1-19(2)29(30(41)35-16-28(40)36-24-10-6-21(7-11-24)17-44-31(42)43)37-27(39)14-20(3)45-18-32(4,5)38(34)26-13-9-23-15-22(23)8-12-25(26)33/h6-7,10-11,19-20,22-23,29H,8-9,12-18,33-34H2,1-5H3,(H,35,41)(H,36,40)(H,37,39)(H,42,43)/b26-25-. The molecule has 1 fully saturated rings. The third-order valence-electron chi connectivity index (χ3n) is 8.40. The summed E-state index contributed by atoms with van der Waals surface area (Å²) in [5.41, 5.74) is 8.78. The van der Waals surface area contributed by atoms with E-state index in [4.69, 9.17) is 21.4 Å². The number of anilines is 1. The fourth-order valence-corrected chi connectivity index (χ4v) is 5.44. The zero-order valence-corrected chi connectivity index (χ0v) is 27.1. The van der Waals surface area contributed by atoms with Crippen molar-refractivity contribution < 1.29 is 33.8 Å². The minimum atomic E-state index is -1.37. The Labute approximate surface area is 265 Å². The number of ether oxygens (including phenoxy) is 2. The van der Waals surface area contributed by atoms with E-state index in [1.807, 2.05) is 13.8 Å². The number of amides is 3. The number of fused-ring (bicyclic) bond motifs is 1. The molecule has 13 heteroatoms. The van der Waals surface area contributed by atoms with Gasteiger partial charge in [0, 0.05) is 17.1 Å². The Morgan fingerprint density at radius 2 is 1.69 bits per heavy atom. The van der Waals surface area contributed by atoms with E-state index in [1.165, 1.54) is 6.42 Å². The van der Waals surface area contributed by atoms with Gasteiger partial charge in [-0.15, -0.1) is 0 Å². The van der Waals surface area contributed by atoms with Gasteiger partial charge in [-0.3, -0.25) is 14.4 Å². The van der Waals surface area contributed by atoms with Crippen molar-refractivity contribution in [2.24, 2.45) is 29.3 Å². The van der Waals surface area contributed by atoms with E-state index in [-0.39, 0.29) is 38.0 Å². The Morgan fingerprint density at radius 3 is 2.31 bits per heavy atom. The van der Waals surface area contributed by atoms with Crippen molar-refractivity contribution >= 4 is 29.6 Å². The molecule has 2 aliphatic rings. The number of nitrogens with two attached hydrogens (primary N) is 2. The van der Waals surface area contributed by atoms with Crippen LogP contribution in [0.1, 0.15) is 78.7 Å². The van der Waals surface area contributed by atoms with Gasteiger partial charge in [-0.25, -0.2) is 10.6 Å². The molecule has 1 aromatic rings. The number of allylic oxidation sites excluding steroid dienone is 2. The second-order valence-corrected chi connectivity index (χ2v) is 13.1. The van der Waals surface area contributed by atoms with E-state index >= 15 is 0 Å². The van der Waals surface area contributed by atoms with Crippen molar-refractivity contribution in [2.75, 3.05) is 18.5 Å². The molecule has 0 radical (unpaired) electrons. The molecule has 0 aliphatic heterocycles. The molecule has 45 heavy (non-hydrogen) atoms. The molecule has 4 atom stereocenters. The highest BCUT2D eigenvalue weighted by Gasteiger charge is 2.39. The minimum absolute atomic E-state index is 0.0407. The number of carbonyl (C=O) groups is 4. The Kier molecular flexibility index (Phi) is 12.6. The van der Waals surface area contributed by atoms with Gasteiger partial charge in [-0.05, 0) is 88.3 Å². The van der Waals surface area contributed by atoms with E-state index in [1.54, 1.807) is 50.0 Å². The van der Waals surface area contributed by atoms with Crippen LogP contribution in [0, 0.1) is 17.8 Å². The lowest BCUT2D eigenvalue weighted by molar-refractivity contribution is -0.132. The minimum Gasteiger partial charge on any atom is -0.450 e. The fourth-order valence-electron chi connectivity index (χ4n) is 5.44. The molecule has 3 amide bonds. The van der Waals surface area contributed by atoms with Crippen LogP contribution in [-0.4, -0.2) is 64.8 Å². The predicted octanol–water partition coefficient (Wildman–Crippen LogP) is 3.21. The number of nitrogens with one attached hydrogen (secondary N) is 3. The first-order chi connectivity index (χ1) is 21.2. The van der Waals surface area contributed by atoms with Crippen LogP contribution in [0.25, 0.3) is 0 Å². The van der Waals surface area contributed by atoms with Gasteiger partial charge in [0.15, 0.2) is 0 Å². The average Bonchev–Trinajstić information content (AvgIpc) is 3.72. The number of hydrogen-bond donors (Lipinski definition) is 6. The summed E-state index contributed by atoms with van der Waals surface area (Å²) in [6.45, 7) is 9.26. The lowest BCUT2D eigenvalue weighted by Gasteiger charge is -2.39. The van der Waals surface area contributed by atoms with Gasteiger partial charge in [-0.1, -0.05) is 26.0 Å². The van der Waals surface area contributed by atoms with Crippen LogP contribution in [0.4, 0.5) is 10.5 Å². The van der Waals surface area contributed by atoms with Gasteiger partial charge in [0.25, 0.3) is 0 Å². The second-order valence-electron chi connectivity index (χ2n) is 13.1. The molecule has 0 saturated heterocycles. The SMILES string of the molecule is CC(CC(=O)NC(C(=O)NCC(=O)Nc1ccc(COC(=O)O)cc1)C(C)C)OCC(C)(C)N(N)/C1=C(\N)CCC2CC2CC1. The molecule has 1 saturated carbocycles. The normalized spacial score (nSPS) is 21.0. The topological polar surface area (TPSA) is 198 Å². The number of carbonyl (C=O) groups excluding carboxylic acids is 3. The highest BCUT2D eigenvalue weighted by Crippen LogP contribution is 2.48. The van der Waals surface area contributed by atoms with Gasteiger partial charge in [0.1, 0.15) is 12.6 Å². The smallest absolute Gasteiger partial charge is 0.450 e. The first-order valence-corrected chi connectivity index (χ1v) is 15.6. The third-order valence-corrected chi connectivity index (χ3v) is 8.40. The molecular formula is C32H50N6O7. The number of benzene rings is 1. The molecule has 0 spiro atoms. The average molecular weight is 631 g/mol. The maximum Gasteiger partial charge on any atom is 0.506 e. The largest absolute Gasteiger partial charge is 0.506 e. The molecule has 0 aromatic heterocycles. The van der Waals surface area contributed by atoms with Crippen molar-refractivity contribution in [3.05, 3.63) is 41.2 Å². The third kappa shape index (κ3) is 11.2. The molecule has 3 rings (SSSR count). The molecule has 2 aliphatic carbocycles. The predicted molar refractivity (Wildman–Crippen MR) is 169 cm³/mol. The molecule has 0 heterocycles. The Morgan fingerprint density at radius 1 is 1.04 bits per heavy atom. The first kappa shape index (κ1) is 35.6. The monoisotopic (exact) mass is 630 g/mol. The van der Waals surface area contributed by atoms with Gasteiger partial charge < -0.3 is 41.3 Å². The van der Waals surface area contributed by atoms with Crippen LogP contribution in [0.2, 0.25) is 0 Å². The maximum atomic E-state index is 12.9. The van der Waals surface area contributed by atoms with Crippen molar-refractivity contribution in [1.29, 1.82) is 0 Å². The summed E-state index contributed by atoms with van der Waals surface area (Å²) in [6.07, 6.45) is 3.44. The Bertz CT molecular complexity index is 1230. The number of hydrogen-bond acceptors (Lipinski definition) is 9. The molecule has 8 N–H and O–H groups in total. The molecule has 250 valence electrons. The first-order valence-electron chi connectivity index (χ1n) is 15.6. The molecule has 0 bridgehead atoms. The lowest BCUT2D eigenvalue weighted by atomic mass is 9.98. The summed E-state index contributed by atoms with van der Waals surface area (Å²) in [5.74, 6) is 6.66. The highest BCUT2D eigenvalue weighted by atomic mass is 16.7. The van der Waals surface area contributed by atoms with Crippen molar-refractivity contribution in [3.63, 3.8) is 0 Å². The zero-order chi connectivity index (χ0) is 33.3. The second kappa shape index (κ2) is 15.9. The van der Waals surface area contributed by atoms with E-state index in [9.17, 15) is 19.2 Å². The van der Waals surface area contributed by atoms with Gasteiger partial charge in [0.05, 0.1) is 31.2 Å². The lowest BCUT2D eigenvalue weighted by Crippen LogP contribution is -2.53. The number of hydrazine groups is 1. The van der Waals surface area contributed by atoms with Crippen molar-refractivity contribution in [1.82, 2.24) is 15.6 Å². The number of carboxylic acid groups (broad SMARTS) is 1. The van der Waals surface area contributed by atoms with Crippen LogP contribution < -0.4 is 27.5 Å². The number of rotatable bonds is 15. The summed E-state index contributed by atoms with van der Waals surface area (Å²) >= 11 is 0. The molecule has 1 aromatic carbocycles. The van der Waals surface area contributed by atoms with Crippen LogP contribution in [-0.2, 0) is 30.5 Å². The quantitative estimate of drug-likeness (QED) is 0.0950. The van der Waals surface area contributed by atoms with Gasteiger partial charge in [-0.2, -0.15) is 0 Å². The number of nitrogens with zero attached hydrogens (tertiary/aromatic N) is 1. The fraction of sp³-hybridized carbons (Fsp3) is 0.625. The van der Waals surface area contributed by atoms with Crippen LogP contribution >= 0.6 is 0 Å². The Balaban J connectivity index is 1.43. The molecule has 4 unspecified atom stereocenters. The molecular weight excluding hydrogens is 580 g/mol. The maximum absolute atomic E-state index is 12.9. The highest BCUT2D eigenvalue weighted by molar-refractivity contribution is 5.96. The van der Waals surface area contributed by atoms with Crippen molar-refractivity contribution in [3.8, 4) is 0 Å². The molecule has 13 nitrogen and oxygen atoms in total. The van der Waals surface area contributed by atoms with Crippen molar-refractivity contribution in [2.45, 2.75) is 97.4 Å². The van der Waals surface area contributed by atoms with E-state index in [2.05, 4.69) is 20.7 Å². The summed E-state index contributed by atoms with van der Waals surface area (Å²) in [7, 11) is 0. The van der Waals surface area contributed by atoms with Crippen LogP contribution in [0.5, 0.6) is 0 Å². The van der Waals surface area contributed by atoms with Crippen LogP contribution in [0.15, 0.2) is 35.7 Å². The van der Waals surface area contributed by atoms with Gasteiger partial charge in [0.2, 0.25) is 17.7 Å². The summed E-state index contributed by atoms with van der Waals surface area (Å²) in [6, 6.07) is 5.59.